The highest BCUT2D eigenvalue weighted by Gasteiger charge is 2.24. The summed E-state index contributed by atoms with van der Waals surface area (Å²) in [5.41, 5.74) is 9.26. The second kappa shape index (κ2) is 11.2. The van der Waals surface area contributed by atoms with Gasteiger partial charge in [-0.25, -0.2) is 9.67 Å². The summed E-state index contributed by atoms with van der Waals surface area (Å²) in [6.07, 6.45) is 8.07. The van der Waals surface area contributed by atoms with E-state index in [0.29, 0.717) is 52.6 Å². The molecule has 0 saturated heterocycles. The highest BCUT2D eigenvalue weighted by Crippen LogP contribution is 2.33. The predicted molar refractivity (Wildman–Crippen MR) is 159 cm³/mol. The van der Waals surface area contributed by atoms with Crippen LogP contribution in [0.1, 0.15) is 48.4 Å². The number of amides is 2. The number of nitrogens with zero attached hydrogens (tertiary/aromatic N) is 8. The number of nitrogens with two attached hydrogens (primary N) is 1. The maximum absolute atomic E-state index is 13.7. The summed E-state index contributed by atoms with van der Waals surface area (Å²) in [5, 5.41) is 15.6. The van der Waals surface area contributed by atoms with Gasteiger partial charge in [0.2, 0.25) is 5.91 Å². The Morgan fingerprint density at radius 3 is 2.72 bits per heavy atom. The van der Waals surface area contributed by atoms with E-state index in [-0.39, 0.29) is 23.1 Å². The van der Waals surface area contributed by atoms with Crippen molar-refractivity contribution >= 4 is 29.1 Å². The van der Waals surface area contributed by atoms with Gasteiger partial charge in [-0.15, -0.1) is 5.10 Å². The number of aryl methyl sites for hydroxylation is 1. The van der Waals surface area contributed by atoms with Gasteiger partial charge in [0.15, 0.2) is 5.69 Å². The number of rotatable bonds is 4. The molecule has 1 aliphatic heterocycles. The normalized spacial score (nSPS) is 17.0. The first kappa shape index (κ1) is 28.0. The van der Waals surface area contributed by atoms with E-state index in [1.165, 1.54) is 23.3 Å². The summed E-state index contributed by atoms with van der Waals surface area (Å²) in [7, 11) is 1.81. The number of anilines is 1. The molecule has 5 aromatic rings. The molecule has 5 heterocycles. The standard InChI is InChI=1S/C29H27ClN10O3/c1-16-4-3-5-25(21-10-17(8-9-32-21)27-22(35-29(16)43)13-34-38(27)2)39-15-33-20(12-26(39)41)19-11-18(30)6-7-24(19)40-14-23(28(31)42)36-37-40/h6-16,25H,3-5H2,1-2H3,(H2,31,42)(H,35,43). The van der Waals surface area contributed by atoms with Gasteiger partial charge in [0, 0.05) is 41.4 Å². The maximum atomic E-state index is 13.7. The molecule has 14 heteroatoms. The van der Waals surface area contributed by atoms with Crippen molar-refractivity contribution < 1.29 is 9.59 Å². The van der Waals surface area contributed by atoms with Crippen molar-refractivity contribution in [2.24, 2.45) is 18.7 Å². The fourth-order valence-corrected chi connectivity index (χ4v) is 5.45. The van der Waals surface area contributed by atoms with Crippen LogP contribution in [-0.2, 0) is 11.8 Å². The minimum absolute atomic E-state index is 0.00782. The third kappa shape index (κ3) is 5.42. The number of carbonyl (C=O) groups excluding carboxylic acids is 2. The Kier molecular flexibility index (Phi) is 7.32. The van der Waals surface area contributed by atoms with Crippen LogP contribution in [0.2, 0.25) is 5.02 Å². The lowest BCUT2D eigenvalue weighted by molar-refractivity contribution is -0.119. The number of halogens is 1. The second-order valence-electron chi connectivity index (χ2n) is 10.4. The summed E-state index contributed by atoms with van der Waals surface area (Å²) in [6.45, 7) is 1.89. The molecule has 43 heavy (non-hydrogen) atoms. The summed E-state index contributed by atoms with van der Waals surface area (Å²) in [6, 6.07) is 9.76. The Balaban J connectivity index is 1.43. The average molecular weight is 599 g/mol. The van der Waals surface area contributed by atoms with Gasteiger partial charge in [0.1, 0.15) is 0 Å². The minimum Gasteiger partial charge on any atom is -0.364 e. The minimum atomic E-state index is -0.716. The fourth-order valence-electron chi connectivity index (χ4n) is 5.28. The molecular weight excluding hydrogens is 572 g/mol. The number of benzene rings is 1. The molecule has 0 saturated carbocycles. The van der Waals surface area contributed by atoms with Crippen molar-refractivity contribution in [3.8, 4) is 28.2 Å². The summed E-state index contributed by atoms with van der Waals surface area (Å²) < 4.78 is 4.64. The quantitative estimate of drug-likeness (QED) is 0.317. The zero-order valence-corrected chi connectivity index (χ0v) is 24.1. The number of carbonyl (C=O) groups is 2. The van der Waals surface area contributed by atoms with Gasteiger partial charge >= 0.3 is 0 Å². The van der Waals surface area contributed by atoms with Gasteiger partial charge in [0.25, 0.3) is 11.5 Å². The van der Waals surface area contributed by atoms with E-state index in [0.717, 1.165) is 11.3 Å². The Labute approximate surface area is 250 Å². The van der Waals surface area contributed by atoms with E-state index >= 15 is 0 Å². The topological polar surface area (TPSA) is 168 Å². The lowest BCUT2D eigenvalue weighted by atomic mass is 9.97. The zero-order valence-electron chi connectivity index (χ0n) is 23.3. The molecule has 0 aliphatic carbocycles. The van der Waals surface area contributed by atoms with Crippen molar-refractivity contribution in [2.45, 2.75) is 32.2 Å². The van der Waals surface area contributed by atoms with Crippen LogP contribution in [0.5, 0.6) is 0 Å². The maximum Gasteiger partial charge on any atom is 0.270 e. The summed E-state index contributed by atoms with van der Waals surface area (Å²) in [5.74, 6) is -1.05. The van der Waals surface area contributed by atoms with Crippen LogP contribution in [0.4, 0.5) is 5.69 Å². The Hall–Kier alpha value is -5.17. The van der Waals surface area contributed by atoms with Crippen LogP contribution in [0, 0.1) is 5.92 Å². The predicted octanol–water partition coefficient (Wildman–Crippen LogP) is 3.39. The smallest absolute Gasteiger partial charge is 0.270 e. The molecule has 0 radical (unpaired) electrons. The molecule has 0 spiro atoms. The van der Waals surface area contributed by atoms with E-state index in [1.807, 2.05) is 26.1 Å². The zero-order chi connectivity index (χ0) is 30.2. The number of hydrogen-bond acceptors (Lipinski definition) is 8. The Bertz CT molecular complexity index is 1930. The van der Waals surface area contributed by atoms with Gasteiger partial charge in [-0.3, -0.25) is 28.6 Å². The Morgan fingerprint density at radius 2 is 1.95 bits per heavy atom. The molecule has 0 fully saturated rings. The van der Waals surface area contributed by atoms with E-state index in [4.69, 9.17) is 17.3 Å². The van der Waals surface area contributed by atoms with Crippen LogP contribution in [0.3, 0.4) is 0 Å². The van der Waals surface area contributed by atoms with E-state index in [1.54, 1.807) is 39.8 Å². The number of pyridine rings is 1. The number of nitrogens with one attached hydrogen (secondary N) is 1. The first-order valence-electron chi connectivity index (χ1n) is 13.6. The lowest BCUT2D eigenvalue weighted by Gasteiger charge is -2.22. The van der Waals surface area contributed by atoms with Crippen molar-refractivity contribution in [3.05, 3.63) is 88.1 Å². The van der Waals surface area contributed by atoms with Crippen LogP contribution in [-0.4, -0.2) is 51.1 Å². The molecule has 2 unspecified atom stereocenters. The van der Waals surface area contributed by atoms with Crippen molar-refractivity contribution in [1.82, 2.24) is 39.3 Å². The van der Waals surface area contributed by atoms with Gasteiger partial charge < -0.3 is 11.1 Å². The number of aromatic nitrogens is 8. The lowest BCUT2D eigenvalue weighted by Crippen LogP contribution is -2.27. The molecule has 6 rings (SSSR count). The third-order valence-electron chi connectivity index (χ3n) is 7.55. The molecule has 3 N–H and O–H groups in total. The third-order valence-corrected chi connectivity index (χ3v) is 7.79. The highest BCUT2D eigenvalue weighted by molar-refractivity contribution is 6.31. The van der Waals surface area contributed by atoms with E-state index in [9.17, 15) is 14.4 Å². The molecule has 1 aliphatic rings. The highest BCUT2D eigenvalue weighted by atomic mass is 35.5. The molecule has 4 aromatic heterocycles. The molecule has 218 valence electrons. The first-order chi connectivity index (χ1) is 20.7. The SMILES string of the molecule is CC1CCCC(n2cnc(-c3cc(Cl)ccc3-n3cc(C(N)=O)nn3)cc2=O)c2cc(ccn2)-c2c(cnn2C)NC1=O. The van der Waals surface area contributed by atoms with E-state index < -0.39 is 11.9 Å². The van der Waals surface area contributed by atoms with Crippen molar-refractivity contribution in [3.63, 3.8) is 0 Å². The molecule has 1 aromatic carbocycles. The van der Waals surface area contributed by atoms with Crippen LogP contribution >= 0.6 is 11.6 Å². The monoisotopic (exact) mass is 598 g/mol. The molecule has 2 amide bonds. The molecule has 2 atom stereocenters. The molecular formula is C29H27ClN10O3. The second-order valence-corrected chi connectivity index (χ2v) is 10.9. The summed E-state index contributed by atoms with van der Waals surface area (Å²) >= 11 is 6.32. The van der Waals surface area contributed by atoms with Gasteiger partial charge in [-0.05, 0) is 43.2 Å². The van der Waals surface area contributed by atoms with Crippen LogP contribution in [0.15, 0.2) is 66.1 Å². The fraction of sp³-hybridized carbons (Fsp3) is 0.241. The largest absolute Gasteiger partial charge is 0.364 e. The van der Waals surface area contributed by atoms with Crippen molar-refractivity contribution in [1.29, 1.82) is 0 Å². The Morgan fingerprint density at radius 1 is 1.12 bits per heavy atom. The van der Waals surface area contributed by atoms with Crippen LogP contribution in [0.25, 0.3) is 28.2 Å². The number of hydrogen-bond donors (Lipinski definition) is 2. The molecule has 13 nitrogen and oxygen atoms in total. The van der Waals surface area contributed by atoms with Crippen LogP contribution < -0.4 is 16.6 Å². The van der Waals surface area contributed by atoms with Gasteiger partial charge in [-0.1, -0.05) is 30.2 Å². The van der Waals surface area contributed by atoms with Crippen molar-refractivity contribution in [2.75, 3.05) is 5.32 Å². The first-order valence-corrected chi connectivity index (χ1v) is 14.0. The number of fused-ring (bicyclic) bond motifs is 4. The average Bonchev–Trinajstić information content (AvgIpc) is 3.62. The number of primary amides is 1. The van der Waals surface area contributed by atoms with E-state index in [2.05, 4.69) is 30.7 Å². The summed E-state index contributed by atoms with van der Waals surface area (Å²) in [4.78, 5) is 47.5. The van der Waals surface area contributed by atoms with Gasteiger partial charge in [-0.2, -0.15) is 5.10 Å². The molecule has 2 bridgehead atoms. The van der Waals surface area contributed by atoms with Gasteiger partial charge in [0.05, 0.1) is 53.2 Å².